The van der Waals surface area contributed by atoms with Crippen molar-refractivity contribution in [3.63, 3.8) is 0 Å². The monoisotopic (exact) mass is 476 g/mol. The fraction of sp³-hybridized carbons (Fsp3) is 0.579. The van der Waals surface area contributed by atoms with Gasteiger partial charge in [0.25, 0.3) is 5.91 Å². The Morgan fingerprint density at radius 1 is 1.15 bits per heavy atom. The van der Waals surface area contributed by atoms with E-state index in [2.05, 4.69) is 41.7 Å². The minimum Gasteiger partial charge on any atom is -0.379 e. The first kappa shape index (κ1) is 24.7. The van der Waals surface area contributed by atoms with Crippen LogP contribution in [-0.2, 0) is 11.3 Å². The van der Waals surface area contributed by atoms with E-state index in [9.17, 15) is 4.79 Å². The van der Waals surface area contributed by atoms with Crippen LogP contribution in [0.5, 0.6) is 0 Å². The highest BCUT2D eigenvalue weighted by molar-refractivity contribution is 14.0. The van der Waals surface area contributed by atoms with Gasteiger partial charge in [0.05, 0.1) is 6.10 Å². The smallest absolute Gasteiger partial charge is 0.251 e. The summed E-state index contributed by atoms with van der Waals surface area (Å²) in [5.74, 6) is 0.673. The molecule has 1 unspecified atom stereocenters. The molecule has 0 radical (unpaired) electrons. The first-order chi connectivity index (χ1) is 11.8. The van der Waals surface area contributed by atoms with Crippen molar-refractivity contribution in [1.29, 1.82) is 0 Å². The largest absolute Gasteiger partial charge is 0.379 e. The number of methoxy groups -OCH3 is 1. The SMILES string of the molecule is CCNC(=O)c1ccc(CNC(=NC)NCC(OC)C(C)(C)C)cc1.I. The molecule has 3 N–H and O–H groups in total. The van der Waals surface area contributed by atoms with E-state index >= 15 is 0 Å². The normalized spacial score (nSPS) is 12.8. The van der Waals surface area contributed by atoms with Crippen molar-refractivity contribution >= 4 is 35.8 Å². The van der Waals surface area contributed by atoms with Crippen LogP contribution in [0.1, 0.15) is 43.6 Å². The van der Waals surface area contributed by atoms with Crippen LogP contribution >= 0.6 is 24.0 Å². The molecule has 0 aliphatic heterocycles. The molecule has 0 fully saturated rings. The lowest BCUT2D eigenvalue weighted by Gasteiger charge is -2.30. The van der Waals surface area contributed by atoms with Crippen LogP contribution in [0.25, 0.3) is 0 Å². The van der Waals surface area contributed by atoms with E-state index < -0.39 is 0 Å². The number of rotatable bonds is 7. The lowest BCUT2D eigenvalue weighted by atomic mass is 9.89. The van der Waals surface area contributed by atoms with E-state index in [1.54, 1.807) is 14.2 Å². The molecule has 0 aromatic heterocycles. The first-order valence-corrected chi connectivity index (χ1v) is 8.66. The molecule has 1 atom stereocenters. The van der Waals surface area contributed by atoms with Crippen molar-refractivity contribution < 1.29 is 9.53 Å². The molecule has 0 heterocycles. The van der Waals surface area contributed by atoms with Gasteiger partial charge in [-0.05, 0) is 30.0 Å². The van der Waals surface area contributed by atoms with Gasteiger partial charge in [-0.1, -0.05) is 32.9 Å². The third-order valence-corrected chi connectivity index (χ3v) is 3.94. The molecule has 0 spiro atoms. The molecule has 148 valence electrons. The molecule has 1 amide bonds. The molecule has 7 heteroatoms. The lowest BCUT2D eigenvalue weighted by Crippen LogP contribution is -2.45. The minimum absolute atomic E-state index is 0. The number of halogens is 1. The Bertz CT molecular complexity index is 568. The molecular formula is C19H33IN4O2. The van der Waals surface area contributed by atoms with E-state index in [0.29, 0.717) is 25.2 Å². The summed E-state index contributed by atoms with van der Waals surface area (Å²) in [6, 6.07) is 7.55. The molecule has 1 aromatic rings. The molecule has 0 saturated heterocycles. The maximum Gasteiger partial charge on any atom is 0.251 e. The Morgan fingerprint density at radius 2 is 1.77 bits per heavy atom. The number of carbonyl (C=O) groups excluding carboxylic acids is 1. The number of ether oxygens (including phenoxy) is 1. The number of guanidine groups is 1. The van der Waals surface area contributed by atoms with E-state index in [-0.39, 0.29) is 41.4 Å². The second kappa shape index (κ2) is 12.1. The van der Waals surface area contributed by atoms with E-state index in [1.807, 2.05) is 31.2 Å². The number of benzene rings is 1. The summed E-state index contributed by atoms with van der Waals surface area (Å²) in [5, 5.41) is 9.36. The summed E-state index contributed by atoms with van der Waals surface area (Å²) in [6.45, 7) is 10.3. The van der Waals surface area contributed by atoms with Crippen molar-refractivity contribution in [3.05, 3.63) is 35.4 Å². The van der Waals surface area contributed by atoms with Crippen molar-refractivity contribution in [2.75, 3.05) is 27.2 Å². The fourth-order valence-electron chi connectivity index (χ4n) is 2.38. The summed E-state index contributed by atoms with van der Waals surface area (Å²) in [6.07, 6.45) is 0.0856. The van der Waals surface area contributed by atoms with Gasteiger partial charge in [-0.2, -0.15) is 0 Å². The van der Waals surface area contributed by atoms with Crippen LogP contribution in [0.3, 0.4) is 0 Å². The van der Waals surface area contributed by atoms with Gasteiger partial charge >= 0.3 is 0 Å². The van der Waals surface area contributed by atoms with Gasteiger partial charge in [-0.15, -0.1) is 24.0 Å². The standard InChI is InChI=1S/C19H32N4O2.HI/c1-7-21-17(24)15-10-8-14(9-11-15)12-22-18(20-5)23-13-16(25-6)19(2,3)4;/h8-11,16H,7,12-13H2,1-6H3,(H,21,24)(H2,20,22,23);1H. The second-order valence-electron chi connectivity index (χ2n) is 6.95. The zero-order valence-electron chi connectivity index (χ0n) is 16.7. The highest BCUT2D eigenvalue weighted by atomic mass is 127. The third kappa shape index (κ3) is 8.35. The van der Waals surface area contributed by atoms with Gasteiger partial charge in [-0.25, -0.2) is 0 Å². The molecule has 0 aliphatic carbocycles. The Morgan fingerprint density at radius 3 is 2.23 bits per heavy atom. The van der Waals surface area contributed by atoms with E-state index in [1.165, 1.54) is 0 Å². The number of amides is 1. The number of nitrogens with one attached hydrogen (secondary N) is 3. The van der Waals surface area contributed by atoms with Crippen molar-refractivity contribution in [1.82, 2.24) is 16.0 Å². The first-order valence-electron chi connectivity index (χ1n) is 8.66. The summed E-state index contributed by atoms with van der Waals surface area (Å²) in [4.78, 5) is 16.0. The summed E-state index contributed by atoms with van der Waals surface area (Å²) in [7, 11) is 3.47. The number of nitrogens with zero attached hydrogens (tertiary/aromatic N) is 1. The van der Waals surface area contributed by atoms with Gasteiger partial charge in [0.1, 0.15) is 0 Å². The predicted octanol–water partition coefficient (Wildman–Crippen LogP) is 2.78. The minimum atomic E-state index is -0.0488. The van der Waals surface area contributed by atoms with Crippen LogP contribution in [0, 0.1) is 5.41 Å². The predicted molar refractivity (Wildman–Crippen MR) is 118 cm³/mol. The fourth-order valence-corrected chi connectivity index (χ4v) is 2.38. The van der Waals surface area contributed by atoms with Gasteiger partial charge in [0.2, 0.25) is 0 Å². The van der Waals surface area contributed by atoms with Gasteiger partial charge in [0, 0.05) is 39.4 Å². The van der Waals surface area contributed by atoms with Crippen molar-refractivity contribution in [2.45, 2.75) is 40.3 Å². The molecular weight excluding hydrogens is 443 g/mol. The van der Waals surface area contributed by atoms with Crippen molar-refractivity contribution in [3.8, 4) is 0 Å². The van der Waals surface area contributed by atoms with Crippen LogP contribution in [0.4, 0.5) is 0 Å². The van der Waals surface area contributed by atoms with Gasteiger partial charge in [-0.3, -0.25) is 9.79 Å². The maximum absolute atomic E-state index is 11.8. The maximum atomic E-state index is 11.8. The number of hydrogen-bond donors (Lipinski definition) is 3. The van der Waals surface area contributed by atoms with Crippen LogP contribution in [0.2, 0.25) is 0 Å². The molecule has 0 aliphatic rings. The van der Waals surface area contributed by atoms with Gasteiger partial charge in [0.15, 0.2) is 5.96 Å². The highest BCUT2D eigenvalue weighted by Gasteiger charge is 2.24. The van der Waals surface area contributed by atoms with Crippen molar-refractivity contribution in [2.24, 2.45) is 10.4 Å². The summed E-state index contributed by atoms with van der Waals surface area (Å²) in [5.41, 5.74) is 1.80. The zero-order chi connectivity index (χ0) is 18.9. The molecule has 6 nitrogen and oxygen atoms in total. The Balaban J connectivity index is 0.00000625. The van der Waals surface area contributed by atoms with Gasteiger partial charge < -0.3 is 20.7 Å². The molecule has 0 bridgehead atoms. The number of hydrogen-bond acceptors (Lipinski definition) is 3. The molecule has 1 rings (SSSR count). The zero-order valence-corrected chi connectivity index (χ0v) is 19.0. The number of carbonyl (C=O) groups is 1. The Labute approximate surface area is 174 Å². The van der Waals surface area contributed by atoms with Crippen LogP contribution in [-0.4, -0.2) is 45.2 Å². The average molecular weight is 476 g/mol. The number of aliphatic imine (C=N–C) groups is 1. The molecule has 26 heavy (non-hydrogen) atoms. The molecule has 1 aromatic carbocycles. The third-order valence-electron chi connectivity index (χ3n) is 3.94. The Hall–Kier alpha value is -1.35. The average Bonchev–Trinajstić information content (AvgIpc) is 2.57. The lowest BCUT2D eigenvalue weighted by molar-refractivity contribution is 0.0205. The Kier molecular flexibility index (Phi) is 11.5. The molecule has 0 saturated carbocycles. The van der Waals surface area contributed by atoms with E-state index in [0.717, 1.165) is 11.5 Å². The second-order valence-corrected chi connectivity index (χ2v) is 6.95. The van der Waals surface area contributed by atoms with Crippen LogP contribution in [0.15, 0.2) is 29.3 Å². The highest BCUT2D eigenvalue weighted by Crippen LogP contribution is 2.20. The topological polar surface area (TPSA) is 74.8 Å². The van der Waals surface area contributed by atoms with E-state index in [4.69, 9.17) is 4.74 Å². The van der Waals surface area contributed by atoms with Crippen LogP contribution < -0.4 is 16.0 Å². The summed E-state index contributed by atoms with van der Waals surface area (Å²) < 4.78 is 5.54. The summed E-state index contributed by atoms with van der Waals surface area (Å²) >= 11 is 0. The quantitative estimate of drug-likeness (QED) is 0.322.